The fourth-order valence-corrected chi connectivity index (χ4v) is 9.73. The monoisotopic (exact) mass is 673 g/mol. The average Bonchev–Trinajstić information content (AvgIpc) is 3.30. The van der Waals surface area contributed by atoms with E-state index >= 15 is 0 Å². The van der Waals surface area contributed by atoms with Gasteiger partial charge in [0.05, 0.1) is 5.52 Å². The molecule has 0 amide bonds. The Morgan fingerprint density at radius 3 is 2.18 bits per heavy atom. The van der Waals surface area contributed by atoms with E-state index in [0.29, 0.717) is 8.45 Å². The molecule has 1 aliphatic carbocycles. The molecule has 2 heterocycles. The number of rotatable bonds is 6. The summed E-state index contributed by atoms with van der Waals surface area (Å²) in [4.78, 5) is -0.725. The first-order valence-corrected chi connectivity index (χ1v) is 16.6. The van der Waals surface area contributed by atoms with Crippen molar-refractivity contribution >= 4 is 56.9 Å². The first kappa shape index (κ1) is 28.5. The number of sulfonamides is 2. The number of piperidine rings is 1. The molecule has 2 aromatic carbocycles. The number of aromatic nitrogens is 1. The molecule has 9 nitrogen and oxygen atoms in total. The summed E-state index contributed by atoms with van der Waals surface area (Å²) in [5, 5.41) is -0.375. The summed E-state index contributed by atoms with van der Waals surface area (Å²) in [7, 11) is -14.8. The second-order valence-corrected chi connectivity index (χ2v) is 15.7. The SMILES string of the molecule is O=S(=O)(c1cc2cc(Br)ccc2n1S(=O)(=O)c1ccccc1F)N1CCC2(CC1)CC2NS(=O)(=O)C(F)(F)F. The number of hydrogen-bond donors (Lipinski definition) is 1. The molecule has 1 spiro atoms. The molecule has 0 radical (unpaired) electrons. The van der Waals surface area contributed by atoms with Crippen LogP contribution < -0.4 is 4.72 Å². The van der Waals surface area contributed by atoms with E-state index in [1.54, 1.807) is 4.72 Å². The van der Waals surface area contributed by atoms with Crippen LogP contribution in [0.25, 0.3) is 10.9 Å². The smallest absolute Gasteiger partial charge is 0.221 e. The van der Waals surface area contributed by atoms with Gasteiger partial charge in [-0.1, -0.05) is 28.1 Å². The van der Waals surface area contributed by atoms with Crippen molar-refractivity contribution < 1.29 is 42.8 Å². The van der Waals surface area contributed by atoms with Gasteiger partial charge in [-0.25, -0.2) is 38.3 Å². The molecular weight excluding hydrogens is 654 g/mol. The van der Waals surface area contributed by atoms with E-state index in [1.807, 2.05) is 0 Å². The second kappa shape index (κ2) is 9.24. The number of nitrogens with one attached hydrogen (secondary N) is 1. The van der Waals surface area contributed by atoms with Gasteiger partial charge < -0.3 is 0 Å². The van der Waals surface area contributed by atoms with Crippen molar-refractivity contribution in [2.45, 2.75) is 40.7 Å². The third-order valence-corrected chi connectivity index (χ3v) is 12.6. The molecule has 17 heteroatoms. The average molecular weight is 675 g/mol. The Bertz CT molecular complexity index is 1800. The van der Waals surface area contributed by atoms with Crippen molar-refractivity contribution in [2.75, 3.05) is 13.1 Å². The van der Waals surface area contributed by atoms with Crippen LogP contribution in [0.3, 0.4) is 0 Å². The highest BCUT2D eigenvalue weighted by molar-refractivity contribution is 9.10. The molecule has 212 valence electrons. The quantitative estimate of drug-likeness (QED) is 0.398. The van der Waals surface area contributed by atoms with Gasteiger partial charge in [0.1, 0.15) is 10.7 Å². The van der Waals surface area contributed by atoms with Gasteiger partial charge in [-0.05, 0) is 61.1 Å². The molecule has 1 saturated heterocycles. The zero-order valence-corrected chi connectivity index (χ0v) is 23.7. The zero-order chi connectivity index (χ0) is 28.6. The van der Waals surface area contributed by atoms with E-state index in [-0.39, 0.29) is 43.3 Å². The maximum Gasteiger partial charge on any atom is 0.511 e. The summed E-state index contributed by atoms with van der Waals surface area (Å²) in [6, 6.07) is 9.12. The molecule has 1 aliphatic heterocycles. The van der Waals surface area contributed by atoms with Gasteiger partial charge in [-0.3, -0.25) is 0 Å². The molecule has 5 rings (SSSR count). The van der Waals surface area contributed by atoms with Gasteiger partial charge in [-0.15, -0.1) is 0 Å². The van der Waals surface area contributed by atoms with Crippen molar-refractivity contribution in [3.05, 3.63) is 58.8 Å². The number of fused-ring (bicyclic) bond motifs is 1. The molecular formula is C22H20BrF4N3O6S3. The fraction of sp³-hybridized carbons (Fsp3) is 0.364. The Morgan fingerprint density at radius 1 is 0.923 bits per heavy atom. The maximum absolute atomic E-state index is 14.6. The predicted octanol–water partition coefficient (Wildman–Crippen LogP) is 3.76. The lowest BCUT2D eigenvalue weighted by molar-refractivity contribution is -0.0449. The molecule has 3 aromatic rings. The van der Waals surface area contributed by atoms with Crippen LogP contribution >= 0.6 is 15.9 Å². The highest BCUT2D eigenvalue weighted by Crippen LogP contribution is 2.55. The van der Waals surface area contributed by atoms with E-state index in [9.17, 15) is 42.8 Å². The number of hydrogen-bond acceptors (Lipinski definition) is 6. The van der Waals surface area contributed by atoms with E-state index in [4.69, 9.17) is 0 Å². The van der Waals surface area contributed by atoms with Crippen LogP contribution in [0.15, 0.2) is 62.9 Å². The Labute approximate surface area is 230 Å². The van der Waals surface area contributed by atoms with Crippen molar-refractivity contribution in [3.63, 3.8) is 0 Å². The summed E-state index contributed by atoms with van der Waals surface area (Å²) >= 11 is 3.26. The first-order chi connectivity index (χ1) is 18.0. The van der Waals surface area contributed by atoms with E-state index in [1.165, 1.54) is 30.3 Å². The van der Waals surface area contributed by atoms with Crippen LogP contribution in [-0.4, -0.2) is 58.2 Å². The van der Waals surface area contributed by atoms with Crippen molar-refractivity contribution in [1.29, 1.82) is 0 Å². The molecule has 2 fully saturated rings. The summed E-state index contributed by atoms with van der Waals surface area (Å²) in [6.07, 6.45) is 0.235. The molecule has 0 bridgehead atoms. The maximum atomic E-state index is 14.6. The molecule has 1 N–H and O–H groups in total. The predicted molar refractivity (Wildman–Crippen MR) is 136 cm³/mol. The minimum atomic E-state index is -5.55. The Morgan fingerprint density at radius 2 is 1.56 bits per heavy atom. The molecule has 1 saturated carbocycles. The molecule has 39 heavy (non-hydrogen) atoms. The third-order valence-electron chi connectivity index (χ3n) is 7.16. The van der Waals surface area contributed by atoms with E-state index in [0.717, 1.165) is 22.5 Å². The lowest BCUT2D eigenvalue weighted by atomic mass is 9.94. The Hall–Kier alpha value is -2.05. The van der Waals surface area contributed by atoms with Crippen LogP contribution in [0.1, 0.15) is 19.3 Å². The number of alkyl halides is 3. The van der Waals surface area contributed by atoms with Crippen molar-refractivity contribution in [2.24, 2.45) is 5.41 Å². The Kier molecular flexibility index (Phi) is 6.74. The van der Waals surface area contributed by atoms with Crippen molar-refractivity contribution in [3.8, 4) is 0 Å². The van der Waals surface area contributed by atoms with Gasteiger partial charge in [0.25, 0.3) is 20.0 Å². The molecule has 1 aromatic heterocycles. The number of benzene rings is 2. The summed E-state index contributed by atoms with van der Waals surface area (Å²) < 4.78 is 134. The first-order valence-electron chi connectivity index (χ1n) is 11.4. The Balaban J connectivity index is 1.49. The highest BCUT2D eigenvalue weighted by Gasteiger charge is 2.60. The van der Waals surface area contributed by atoms with Crippen molar-refractivity contribution in [1.82, 2.24) is 13.0 Å². The van der Waals surface area contributed by atoms with Crippen LogP contribution in [0.4, 0.5) is 17.6 Å². The summed E-state index contributed by atoms with van der Waals surface area (Å²) in [5.74, 6) is -1.07. The molecule has 2 aliphatic rings. The molecule has 1 unspecified atom stereocenters. The largest absolute Gasteiger partial charge is 0.511 e. The topological polar surface area (TPSA) is 123 Å². The number of halogens is 5. The highest BCUT2D eigenvalue weighted by atomic mass is 79.9. The second-order valence-electron chi connectivity index (χ2n) is 9.48. The van der Waals surface area contributed by atoms with Gasteiger partial charge in [0.15, 0.2) is 5.03 Å². The van der Waals surface area contributed by atoms with E-state index in [2.05, 4.69) is 15.9 Å². The summed E-state index contributed by atoms with van der Waals surface area (Å²) in [5.41, 5.74) is -6.30. The van der Waals surface area contributed by atoms with Crippen LogP contribution in [0, 0.1) is 11.2 Å². The van der Waals surface area contributed by atoms with E-state index < -0.39 is 62.8 Å². The summed E-state index contributed by atoms with van der Waals surface area (Å²) in [6.45, 7) is -0.366. The lowest BCUT2D eigenvalue weighted by Gasteiger charge is -2.32. The van der Waals surface area contributed by atoms with Gasteiger partial charge in [0.2, 0.25) is 0 Å². The third kappa shape index (κ3) is 4.80. The lowest BCUT2D eigenvalue weighted by Crippen LogP contribution is -2.44. The van der Waals surface area contributed by atoms with Gasteiger partial charge in [-0.2, -0.15) is 17.5 Å². The van der Waals surface area contributed by atoms with Crippen LogP contribution in [0.2, 0.25) is 0 Å². The van der Waals surface area contributed by atoms with Crippen LogP contribution in [0.5, 0.6) is 0 Å². The van der Waals surface area contributed by atoms with Crippen LogP contribution in [-0.2, 0) is 30.1 Å². The fourth-order valence-electron chi connectivity index (χ4n) is 4.94. The van der Waals surface area contributed by atoms with Gasteiger partial charge in [0, 0.05) is 29.0 Å². The standard InChI is InChI=1S/C22H20BrF4N3O6S3/c23-15-5-6-17-14(11-15)12-20(30(17)37(31,32)18-4-2-1-3-16(18)24)38(33,34)29-9-7-21(8-10-29)13-19(21)28-39(35,36)22(25,26)27/h1-6,11-12,19,28H,7-10,13H2. The normalized spacial score (nSPS) is 20.5. The number of nitrogens with zero attached hydrogens (tertiary/aromatic N) is 2. The minimum Gasteiger partial charge on any atom is -0.221 e. The molecule has 1 atom stereocenters. The van der Waals surface area contributed by atoms with Gasteiger partial charge >= 0.3 is 15.5 Å². The minimum absolute atomic E-state index is 0.00248. The zero-order valence-electron chi connectivity index (χ0n) is 19.7.